The van der Waals surface area contributed by atoms with Crippen molar-refractivity contribution in [2.45, 2.75) is 58.7 Å². The van der Waals surface area contributed by atoms with Crippen LogP contribution in [0.25, 0.3) is 0 Å². The van der Waals surface area contributed by atoms with Crippen molar-refractivity contribution in [2.75, 3.05) is 19.7 Å². The molecule has 3 unspecified atom stereocenters. The van der Waals surface area contributed by atoms with Gasteiger partial charge in [-0.05, 0) is 40.5 Å². The zero-order chi connectivity index (χ0) is 12.8. The summed E-state index contributed by atoms with van der Waals surface area (Å²) in [6, 6.07) is 0.318. The predicted octanol–water partition coefficient (Wildman–Crippen LogP) is 1.40. The fourth-order valence-electron chi connectivity index (χ4n) is 2.38. The smallest absolute Gasteiger partial charge is 0.239 e. The van der Waals surface area contributed by atoms with E-state index in [-0.39, 0.29) is 11.9 Å². The van der Waals surface area contributed by atoms with Crippen molar-refractivity contribution >= 4 is 5.91 Å². The van der Waals surface area contributed by atoms with E-state index in [1.165, 1.54) is 0 Å². The van der Waals surface area contributed by atoms with Crippen LogP contribution in [0.1, 0.15) is 40.5 Å². The number of hydrogen-bond acceptors (Lipinski definition) is 3. The molecule has 1 rings (SSSR count). The standard InChI is InChI=1S/C13H26N2O2/c1-5-15(6-2)13(16)11(4)14-12-7-8-17-10(3)9-12/h10-12,14H,5-9H2,1-4H3. The summed E-state index contributed by atoms with van der Waals surface area (Å²) >= 11 is 0. The van der Waals surface area contributed by atoms with Crippen molar-refractivity contribution in [3.05, 3.63) is 0 Å². The maximum Gasteiger partial charge on any atom is 0.239 e. The van der Waals surface area contributed by atoms with Crippen LogP contribution in [0.4, 0.5) is 0 Å². The molecule has 0 radical (unpaired) electrons. The molecule has 0 spiro atoms. The topological polar surface area (TPSA) is 41.6 Å². The Morgan fingerprint density at radius 2 is 2.12 bits per heavy atom. The molecule has 100 valence electrons. The number of carbonyl (C=O) groups is 1. The lowest BCUT2D eigenvalue weighted by Gasteiger charge is -2.31. The third kappa shape index (κ3) is 4.28. The predicted molar refractivity (Wildman–Crippen MR) is 69.0 cm³/mol. The second-order valence-electron chi connectivity index (χ2n) is 4.80. The Morgan fingerprint density at radius 3 is 2.65 bits per heavy atom. The lowest BCUT2D eigenvalue weighted by atomic mass is 10.0. The van der Waals surface area contributed by atoms with Crippen LogP contribution < -0.4 is 5.32 Å². The van der Waals surface area contributed by atoms with Gasteiger partial charge in [0.2, 0.25) is 5.91 Å². The molecule has 0 aromatic rings. The van der Waals surface area contributed by atoms with Crippen LogP contribution in [0.15, 0.2) is 0 Å². The molecular weight excluding hydrogens is 216 g/mol. The van der Waals surface area contributed by atoms with Crippen molar-refractivity contribution in [1.82, 2.24) is 10.2 Å². The van der Waals surface area contributed by atoms with Gasteiger partial charge in [0.25, 0.3) is 0 Å². The Hall–Kier alpha value is -0.610. The normalized spacial score (nSPS) is 26.6. The van der Waals surface area contributed by atoms with Gasteiger partial charge in [0.1, 0.15) is 0 Å². The van der Waals surface area contributed by atoms with E-state index >= 15 is 0 Å². The summed E-state index contributed by atoms with van der Waals surface area (Å²) < 4.78 is 5.50. The molecule has 4 heteroatoms. The summed E-state index contributed by atoms with van der Waals surface area (Å²) in [7, 11) is 0. The third-order valence-electron chi connectivity index (χ3n) is 3.42. The van der Waals surface area contributed by atoms with Gasteiger partial charge in [-0.1, -0.05) is 0 Å². The summed E-state index contributed by atoms with van der Waals surface area (Å²) in [6.45, 7) is 10.4. The average Bonchev–Trinajstić information content (AvgIpc) is 2.30. The lowest BCUT2D eigenvalue weighted by Crippen LogP contribution is -2.50. The molecular formula is C13H26N2O2. The largest absolute Gasteiger partial charge is 0.378 e. The highest BCUT2D eigenvalue weighted by molar-refractivity contribution is 5.81. The van der Waals surface area contributed by atoms with Gasteiger partial charge in [-0.25, -0.2) is 0 Å². The molecule has 0 aliphatic carbocycles. The SMILES string of the molecule is CCN(CC)C(=O)C(C)NC1CCOC(C)C1. The van der Waals surface area contributed by atoms with Crippen LogP contribution in [-0.2, 0) is 9.53 Å². The molecule has 1 N–H and O–H groups in total. The van der Waals surface area contributed by atoms with Crippen molar-refractivity contribution < 1.29 is 9.53 Å². The number of nitrogens with one attached hydrogen (secondary N) is 1. The molecule has 0 aromatic heterocycles. The molecule has 17 heavy (non-hydrogen) atoms. The van der Waals surface area contributed by atoms with E-state index in [1.807, 2.05) is 25.7 Å². The Labute approximate surface area is 105 Å². The number of ether oxygens (including phenoxy) is 1. The Bertz CT molecular complexity index is 242. The first kappa shape index (κ1) is 14.5. The van der Waals surface area contributed by atoms with E-state index in [9.17, 15) is 4.79 Å². The van der Waals surface area contributed by atoms with Crippen molar-refractivity contribution in [3.8, 4) is 0 Å². The van der Waals surface area contributed by atoms with Gasteiger partial charge in [-0.2, -0.15) is 0 Å². The molecule has 1 aliphatic heterocycles. The summed E-state index contributed by atoms with van der Waals surface area (Å²) in [4.78, 5) is 14.0. The van der Waals surface area contributed by atoms with E-state index in [1.54, 1.807) is 0 Å². The first-order valence-corrected chi connectivity index (χ1v) is 6.74. The number of rotatable bonds is 5. The molecule has 1 heterocycles. The van der Waals surface area contributed by atoms with Crippen molar-refractivity contribution in [1.29, 1.82) is 0 Å². The number of likely N-dealkylation sites (N-methyl/N-ethyl adjacent to an activating group) is 1. The maximum atomic E-state index is 12.1. The van der Waals surface area contributed by atoms with Crippen LogP contribution in [0.5, 0.6) is 0 Å². The molecule has 1 aliphatic rings. The minimum absolute atomic E-state index is 0.0924. The van der Waals surface area contributed by atoms with Crippen LogP contribution in [0.3, 0.4) is 0 Å². The van der Waals surface area contributed by atoms with Crippen LogP contribution in [0.2, 0.25) is 0 Å². The molecule has 0 bridgehead atoms. The van der Waals surface area contributed by atoms with Gasteiger partial charge < -0.3 is 15.0 Å². The van der Waals surface area contributed by atoms with Gasteiger partial charge >= 0.3 is 0 Å². The number of carbonyl (C=O) groups excluding carboxylic acids is 1. The Kier molecular flexibility index (Phi) is 5.92. The molecule has 1 amide bonds. The second-order valence-corrected chi connectivity index (χ2v) is 4.80. The van der Waals surface area contributed by atoms with E-state index in [4.69, 9.17) is 4.74 Å². The van der Waals surface area contributed by atoms with E-state index in [0.717, 1.165) is 32.5 Å². The van der Waals surface area contributed by atoms with Gasteiger partial charge in [0, 0.05) is 25.7 Å². The molecule has 0 aromatic carbocycles. The number of amides is 1. The summed E-state index contributed by atoms with van der Waals surface area (Å²) in [6.07, 6.45) is 2.30. The first-order valence-electron chi connectivity index (χ1n) is 6.74. The molecule has 3 atom stereocenters. The van der Waals surface area contributed by atoms with Gasteiger partial charge in [-0.3, -0.25) is 4.79 Å². The van der Waals surface area contributed by atoms with E-state index in [2.05, 4.69) is 12.2 Å². The van der Waals surface area contributed by atoms with Gasteiger partial charge in [0.15, 0.2) is 0 Å². The van der Waals surface area contributed by atoms with E-state index < -0.39 is 0 Å². The lowest BCUT2D eigenvalue weighted by molar-refractivity contribution is -0.133. The highest BCUT2D eigenvalue weighted by Crippen LogP contribution is 2.14. The fourth-order valence-corrected chi connectivity index (χ4v) is 2.38. The zero-order valence-electron chi connectivity index (χ0n) is 11.5. The fraction of sp³-hybridized carbons (Fsp3) is 0.923. The minimum atomic E-state index is -0.0924. The summed E-state index contributed by atoms with van der Waals surface area (Å²) in [5, 5.41) is 3.43. The second kappa shape index (κ2) is 6.97. The number of hydrogen-bond donors (Lipinski definition) is 1. The highest BCUT2D eigenvalue weighted by Gasteiger charge is 2.24. The number of nitrogens with zero attached hydrogens (tertiary/aromatic N) is 1. The van der Waals surface area contributed by atoms with Crippen molar-refractivity contribution in [2.24, 2.45) is 0 Å². The minimum Gasteiger partial charge on any atom is -0.378 e. The molecule has 0 saturated carbocycles. The highest BCUT2D eigenvalue weighted by atomic mass is 16.5. The van der Waals surface area contributed by atoms with Gasteiger partial charge in [-0.15, -0.1) is 0 Å². The van der Waals surface area contributed by atoms with Crippen LogP contribution in [-0.4, -0.2) is 48.7 Å². The summed E-state index contributed by atoms with van der Waals surface area (Å²) in [5.41, 5.74) is 0. The van der Waals surface area contributed by atoms with Crippen LogP contribution >= 0.6 is 0 Å². The first-order chi connectivity index (χ1) is 8.08. The molecule has 1 fully saturated rings. The quantitative estimate of drug-likeness (QED) is 0.792. The Morgan fingerprint density at radius 1 is 1.47 bits per heavy atom. The molecule has 4 nitrogen and oxygen atoms in total. The van der Waals surface area contributed by atoms with E-state index in [0.29, 0.717) is 12.1 Å². The zero-order valence-corrected chi connectivity index (χ0v) is 11.5. The van der Waals surface area contributed by atoms with Crippen LogP contribution in [0, 0.1) is 0 Å². The average molecular weight is 242 g/mol. The molecule has 1 saturated heterocycles. The third-order valence-corrected chi connectivity index (χ3v) is 3.42. The van der Waals surface area contributed by atoms with Crippen molar-refractivity contribution in [3.63, 3.8) is 0 Å². The Balaban J connectivity index is 2.42. The maximum absolute atomic E-state index is 12.1. The monoisotopic (exact) mass is 242 g/mol. The summed E-state index contributed by atoms with van der Waals surface area (Å²) in [5.74, 6) is 0.203. The van der Waals surface area contributed by atoms with Gasteiger partial charge in [0.05, 0.1) is 12.1 Å².